The van der Waals surface area contributed by atoms with Gasteiger partial charge in [0.05, 0.1) is 10.7 Å². The molecule has 0 spiro atoms. The van der Waals surface area contributed by atoms with Crippen molar-refractivity contribution in [1.29, 1.82) is 0 Å². The summed E-state index contributed by atoms with van der Waals surface area (Å²) in [6.07, 6.45) is -1.06. The lowest BCUT2D eigenvalue weighted by atomic mass is 10.1. The van der Waals surface area contributed by atoms with Gasteiger partial charge in [-0.2, -0.15) is 0 Å². The third-order valence-corrected chi connectivity index (χ3v) is 4.30. The smallest absolute Gasteiger partial charge is 0.265 e. The molecular weight excluding hydrogens is 391 g/mol. The molecule has 1 amide bonds. The number of hydrogen-bond acceptors (Lipinski definition) is 2. The number of benzene rings is 3. The summed E-state index contributed by atoms with van der Waals surface area (Å²) in [5.74, 6) is -4.97. The van der Waals surface area contributed by atoms with Gasteiger partial charge in [-0.15, -0.1) is 0 Å². The number of carbonyl (C=O) groups is 1. The van der Waals surface area contributed by atoms with E-state index in [0.29, 0.717) is 5.02 Å². The molecular formula is C21H15ClF3NO2. The van der Waals surface area contributed by atoms with Crippen LogP contribution in [0.1, 0.15) is 6.92 Å². The van der Waals surface area contributed by atoms with E-state index in [1.165, 1.54) is 6.92 Å². The lowest BCUT2D eigenvalue weighted by Gasteiger charge is -2.16. The van der Waals surface area contributed by atoms with Crippen molar-refractivity contribution < 1.29 is 22.7 Å². The van der Waals surface area contributed by atoms with Crippen LogP contribution in [0, 0.1) is 17.5 Å². The van der Waals surface area contributed by atoms with Crippen molar-refractivity contribution in [3.63, 3.8) is 0 Å². The largest absolute Gasteiger partial charge is 0.479 e. The zero-order valence-corrected chi connectivity index (χ0v) is 15.4. The summed E-state index contributed by atoms with van der Waals surface area (Å²) in [5.41, 5.74) is 1.36. The summed E-state index contributed by atoms with van der Waals surface area (Å²) in [6, 6.07) is 16.3. The number of rotatable bonds is 5. The summed E-state index contributed by atoms with van der Waals surface area (Å²) in [7, 11) is 0. The number of hydrogen-bond donors (Lipinski definition) is 1. The highest BCUT2D eigenvalue weighted by Crippen LogP contribution is 2.31. The molecule has 0 fully saturated rings. The average Bonchev–Trinajstić information content (AvgIpc) is 2.70. The van der Waals surface area contributed by atoms with Gasteiger partial charge in [-0.05, 0) is 42.3 Å². The molecule has 0 aliphatic carbocycles. The van der Waals surface area contributed by atoms with E-state index in [2.05, 4.69) is 5.32 Å². The second-order valence-corrected chi connectivity index (χ2v) is 6.39. The SMILES string of the molecule is C[C@@H](Oc1ccc(-c2ccccc2)cc1Cl)C(=O)Nc1ccc(F)c(F)c1F. The van der Waals surface area contributed by atoms with Crippen LogP contribution in [0.15, 0.2) is 60.7 Å². The summed E-state index contributed by atoms with van der Waals surface area (Å²) >= 11 is 6.24. The molecule has 144 valence electrons. The molecule has 0 radical (unpaired) electrons. The van der Waals surface area contributed by atoms with Gasteiger partial charge in [0.2, 0.25) is 0 Å². The first-order valence-electron chi connectivity index (χ1n) is 8.33. The Morgan fingerprint density at radius 2 is 1.68 bits per heavy atom. The molecule has 3 rings (SSSR count). The van der Waals surface area contributed by atoms with Gasteiger partial charge in [-0.1, -0.05) is 48.0 Å². The summed E-state index contributed by atoms with van der Waals surface area (Å²) < 4.78 is 45.5. The molecule has 0 saturated carbocycles. The summed E-state index contributed by atoms with van der Waals surface area (Å²) in [6.45, 7) is 1.43. The number of ether oxygens (including phenoxy) is 1. The van der Waals surface area contributed by atoms with Crippen LogP contribution in [-0.4, -0.2) is 12.0 Å². The third-order valence-electron chi connectivity index (χ3n) is 4.01. The quantitative estimate of drug-likeness (QED) is 0.542. The molecule has 1 atom stereocenters. The van der Waals surface area contributed by atoms with Crippen LogP contribution >= 0.6 is 11.6 Å². The highest BCUT2D eigenvalue weighted by atomic mass is 35.5. The molecule has 0 saturated heterocycles. The first-order valence-corrected chi connectivity index (χ1v) is 8.70. The maximum Gasteiger partial charge on any atom is 0.265 e. The van der Waals surface area contributed by atoms with Crippen LogP contribution in [0.4, 0.5) is 18.9 Å². The maximum atomic E-state index is 13.7. The first kappa shape index (κ1) is 19.8. The van der Waals surface area contributed by atoms with Crippen molar-refractivity contribution in [2.75, 3.05) is 5.32 Å². The predicted molar refractivity (Wildman–Crippen MR) is 102 cm³/mol. The van der Waals surface area contributed by atoms with E-state index in [0.717, 1.165) is 23.3 Å². The molecule has 0 aromatic heterocycles. The third kappa shape index (κ3) is 4.28. The number of nitrogens with one attached hydrogen (secondary N) is 1. The van der Waals surface area contributed by atoms with Gasteiger partial charge in [-0.3, -0.25) is 4.79 Å². The molecule has 3 nitrogen and oxygen atoms in total. The Morgan fingerprint density at radius 3 is 2.36 bits per heavy atom. The molecule has 7 heteroatoms. The lowest BCUT2D eigenvalue weighted by Crippen LogP contribution is -2.30. The van der Waals surface area contributed by atoms with Gasteiger partial charge in [0.1, 0.15) is 5.75 Å². The number of amides is 1. The fraction of sp³-hybridized carbons (Fsp3) is 0.0952. The lowest BCUT2D eigenvalue weighted by molar-refractivity contribution is -0.122. The van der Waals surface area contributed by atoms with Crippen molar-refractivity contribution in [2.24, 2.45) is 0 Å². The van der Waals surface area contributed by atoms with Gasteiger partial charge in [0.15, 0.2) is 23.6 Å². The monoisotopic (exact) mass is 405 g/mol. The van der Waals surface area contributed by atoms with E-state index in [1.54, 1.807) is 18.2 Å². The Morgan fingerprint density at radius 1 is 0.964 bits per heavy atom. The van der Waals surface area contributed by atoms with Crippen LogP contribution < -0.4 is 10.1 Å². The number of halogens is 4. The molecule has 3 aromatic carbocycles. The normalized spacial score (nSPS) is 11.8. The van der Waals surface area contributed by atoms with Crippen LogP contribution in [0.5, 0.6) is 5.75 Å². The van der Waals surface area contributed by atoms with E-state index in [4.69, 9.17) is 16.3 Å². The zero-order valence-electron chi connectivity index (χ0n) is 14.7. The molecule has 0 aliphatic rings. The number of carbonyl (C=O) groups excluding carboxylic acids is 1. The Bertz CT molecular complexity index is 1010. The molecule has 3 aromatic rings. The van der Waals surface area contributed by atoms with E-state index in [9.17, 15) is 18.0 Å². The van der Waals surface area contributed by atoms with Gasteiger partial charge in [0.25, 0.3) is 5.91 Å². The minimum Gasteiger partial charge on any atom is -0.479 e. The van der Waals surface area contributed by atoms with Crippen LogP contribution in [0.25, 0.3) is 11.1 Å². The van der Waals surface area contributed by atoms with Gasteiger partial charge in [0, 0.05) is 0 Å². The molecule has 0 heterocycles. The van der Waals surface area contributed by atoms with Crippen molar-refractivity contribution >= 4 is 23.2 Å². The van der Waals surface area contributed by atoms with E-state index in [1.807, 2.05) is 30.3 Å². The fourth-order valence-corrected chi connectivity index (χ4v) is 2.73. The highest BCUT2D eigenvalue weighted by molar-refractivity contribution is 6.32. The molecule has 28 heavy (non-hydrogen) atoms. The van der Waals surface area contributed by atoms with Gasteiger partial charge >= 0.3 is 0 Å². The average molecular weight is 406 g/mol. The Kier molecular flexibility index (Phi) is 5.90. The predicted octanol–water partition coefficient (Wildman–Crippen LogP) is 5.83. The van der Waals surface area contributed by atoms with E-state index >= 15 is 0 Å². The Balaban J connectivity index is 1.71. The standard InChI is InChI=1S/C21H15ClF3NO2/c1-12(21(27)26-17-9-8-16(23)19(24)20(17)25)28-18-10-7-14(11-15(18)22)13-5-3-2-4-6-13/h2-12H,1H3,(H,26,27)/t12-/m1/s1. The molecule has 0 aliphatic heterocycles. The molecule has 0 bridgehead atoms. The van der Waals surface area contributed by atoms with Gasteiger partial charge in [-0.25, -0.2) is 13.2 Å². The first-order chi connectivity index (χ1) is 13.4. The number of anilines is 1. The topological polar surface area (TPSA) is 38.3 Å². The van der Waals surface area contributed by atoms with Crippen LogP contribution in [0.2, 0.25) is 5.02 Å². The summed E-state index contributed by atoms with van der Waals surface area (Å²) in [5, 5.41) is 2.46. The summed E-state index contributed by atoms with van der Waals surface area (Å²) in [4.78, 5) is 12.2. The minimum atomic E-state index is -1.66. The van der Waals surface area contributed by atoms with Crippen molar-refractivity contribution in [3.8, 4) is 16.9 Å². The van der Waals surface area contributed by atoms with Crippen LogP contribution in [-0.2, 0) is 4.79 Å². The zero-order chi connectivity index (χ0) is 20.3. The van der Waals surface area contributed by atoms with Gasteiger partial charge < -0.3 is 10.1 Å². The Labute approximate surface area is 164 Å². The minimum absolute atomic E-state index is 0.259. The van der Waals surface area contributed by atoms with E-state index in [-0.39, 0.29) is 5.75 Å². The fourth-order valence-electron chi connectivity index (χ4n) is 2.51. The van der Waals surface area contributed by atoms with Crippen molar-refractivity contribution in [2.45, 2.75) is 13.0 Å². The van der Waals surface area contributed by atoms with Crippen molar-refractivity contribution in [3.05, 3.63) is 83.1 Å². The van der Waals surface area contributed by atoms with E-state index < -0.39 is 35.2 Å². The maximum absolute atomic E-state index is 13.7. The van der Waals surface area contributed by atoms with Crippen molar-refractivity contribution in [1.82, 2.24) is 0 Å². The molecule has 1 N–H and O–H groups in total. The second kappa shape index (κ2) is 8.35. The Hall–Kier alpha value is -2.99. The molecule has 0 unspecified atom stereocenters. The second-order valence-electron chi connectivity index (χ2n) is 5.98. The highest BCUT2D eigenvalue weighted by Gasteiger charge is 2.20. The van der Waals surface area contributed by atoms with Crippen LogP contribution in [0.3, 0.4) is 0 Å².